The van der Waals surface area contributed by atoms with Crippen LogP contribution in [0.15, 0.2) is 30.3 Å². The quantitative estimate of drug-likeness (QED) is 0.901. The third-order valence-corrected chi connectivity index (χ3v) is 5.96. The standard InChI is InChI=1S/C21H28N4O2/c1-15-13-24(21(27)20(26)17-10-6-3-7-11-17)14-19-23-22-18(25(15)19)12-16-8-4-2-5-9-16/h2,4-5,8-9,15,17,20,26H,3,6-7,10-14H2,1H3/t15-,20+/m0/s1. The molecule has 1 aliphatic heterocycles. The number of fused-ring (bicyclic) bond motifs is 1. The first-order chi connectivity index (χ1) is 13.1. The highest BCUT2D eigenvalue weighted by Gasteiger charge is 2.35. The molecule has 2 aliphatic rings. The number of nitrogens with zero attached hydrogens (tertiary/aromatic N) is 4. The Morgan fingerprint density at radius 3 is 2.67 bits per heavy atom. The van der Waals surface area contributed by atoms with Gasteiger partial charge in [0.05, 0.1) is 12.6 Å². The van der Waals surface area contributed by atoms with Crippen molar-refractivity contribution in [3.8, 4) is 0 Å². The van der Waals surface area contributed by atoms with Gasteiger partial charge in [-0.2, -0.15) is 0 Å². The highest BCUT2D eigenvalue weighted by atomic mass is 16.3. The zero-order valence-electron chi connectivity index (χ0n) is 15.9. The van der Waals surface area contributed by atoms with Crippen LogP contribution in [0, 0.1) is 5.92 Å². The highest BCUT2D eigenvalue weighted by molar-refractivity contribution is 5.81. The zero-order chi connectivity index (χ0) is 18.8. The summed E-state index contributed by atoms with van der Waals surface area (Å²) in [5.41, 5.74) is 1.20. The van der Waals surface area contributed by atoms with Gasteiger partial charge in [-0.1, -0.05) is 49.6 Å². The lowest BCUT2D eigenvalue weighted by molar-refractivity contribution is -0.145. The minimum Gasteiger partial charge on any atom is -0.383 e. The van der Waals surface area contributed by atoms with E-state index in [0.717, 1.165) is 43.8 Å². The Bertz CT molecular complexity index is 783. The van der Waals surface area contributed by atoms with Gasteiger partial charge in [-0.3, -0.25) is 4.79 Å². The van der Waals surface area contributed by atoms with Crippen molar-refractivity contribution < 1.29 is 9.90 Å². The largest absolute Gasteiger partial charge is 0.383 e. The second kappa shape index (κ2) is 7.80. The van der Waals surface area contributed by atoms with Gasteiger partial charge in [0, 0.05) is 13.0 Å². The summed E-state index contributed by atoms with van der Waals surface area (Å²) in [5, 5.41) is 19.3. The second-order valence-electron chi connectivity index (χ2n) is 7.98. The summed E-state index contributed by atoms with van der Waals surface area (Å²) in [6, 6.07) is 10.3. The number of carbonyl (C=O) groups excluding carboxylic acids is 1. The molecule has 2 aromatic rings. The van der Waals surface area contributed by atoms with Gasteiger partial charge in [-0.15, -0.1) is 10.2 Å². The average Bonchev–Trinajstić information content (AvgIpc) is 3.11. The number of hydrogen-bond acceptors (Lipinski definition) is 4. The Hall–Kier alpha value is -2.21. The van der Waals surface area contributed by atoms with E-state index in [1.54, 1.807) is 4.90 Å². The molecule has 0 bridgehead atoms. The fourth-order valence-electron chi connectivity index (χ4n) is 4.52. The normalized spacial score (nSPS) is 21.7. The van der Waals surface area contributed by atoms with Crippen LogP contribution in [0.1, 0.15) is 62.3 Å². The molecule has 1 amide bonds. The molecule has 4 rings (SSSR count). The Kier molecular flexibility index (Phi) is 5.25. The molecule has 1 fully saturated rings. The molecule has 1 aromatic heterocycles. The summed E-state index contributed by atoms with van der Waals surface area (Å²) >= 11 is 0. The fraction of sp³-hybridized carbons (Fsp3) is 0.571. The molecular weight excluding hydrogens is 340 g/mol. The lowest BCUT2D eigenvalue weighted by atomic mass is 9.84. The van der Waals surface area contributed by atoms with Crippen molar-refractivity contribution in [3.63, 3.8) is 0 Å². The Balaban J connectivity index is 1.48. The number of aromatic nitrogens is 3. The summed E-state index contributed by atoms with van der Waals surface area (Å²) in [6.07, 6.45) is 5.20. The van der Waals surface area contributed by atoms with Crippen LogP contribution in [0.3, 0.4) is 0 Å². The van der Waals surface area contributed by atoms with E-state index in [2.05, 4.69) is 33.8 Å². The van der Waals surface area contributed by atoms with E-state index in [9.17, 15) is 9.90 Å². The number of aliphatic hydroxyl groups excluding tert-OH is 1. The van der Waals surface area contributed by atoms with Crippen molar-refractivity contribution in [3.05, 3.63) is 47.5 Å². The molecule has 1 N–H and O–H groups in total. The predicted molar refractivity (Wildman–Crippen MR) is 102 cm³/mol. The topological polar surface area (TPSA) is 71.2 Å². The monoisotopic (exact) mass is 368 g/mol. The fourth-order valence-corrected chi connectivity index (χ4v) is 4.52. The van der Waals surface area contributed by atoms with Crippen LogP contribution in [0.5, 0.6) is 0 Å². The van der Waals surface area contributed by atoms with E-state index in [0.29, 0.717) is 13.1 Å². The maximum atomic E-state index is 12.9. The third kappa shape index (κ3) is 3.76. The van der Waals surface area contributed by atoms with Crippen LogP contribution in [0.2, 0.25) is 0 Å². The SMILES string of the molecule is C[C@H]1CN(C(=O)[C@H](O)C2CCCCC2)Cc2nnc(Cc3ccccc3)n21. The molecular formula is C21H28N4O2. The average molecular weight is 368 g/mol. The molecule has 6 nitrogen and oxygen atoms in total. The van der Waals surface area contributed by atoms with Crippen molar-refractivity contribution in [1.29, 1.82) is 0 Å². The van der Waals surface area contributed by atoms with Crippen LogP contribution in [0.4, 0.5) is 0 Å². The third-order valence-electron chi connectivity index (χ3n) is 5.96. The number of rotatable bonds is 4. The molecule has 1 aliphatic carbocycles. The first kappa shape index (κ1) is 18.2. The van der Waals surface area contributed by atoms with Gasteiger partial charge >= 0.3 is 0 Å². The van der Waals surface area contributed by atoms with Gasteiger partial charge in [0.15, 0.2) is 5.82 Å². The van der Waals surface area contributed by atoms with Gasteiger partial charge in [0.2, 0.25) is 0 Å². The van der Waals surface area contributed by atoms with Gasteiger partial charge in [0.1, 0.15) is 11.9 Å². The molecule has 0 spiro atoms. The van der Waals surface area contributed by atoms with Crippen LogP contribution < -0.4 is 0 Å². The summed E-state index contributed by atoms with van der Waals surface area (Å²) in [4.78, 5) is 14.6. The summed E-state index contributed by atoms with van der Waals surface area (Å²) < 4.78 is 2.16. The molecule has 1 saturated carbocycles. The number of benzene rings is 1. The summed E-state index contributed by atoms with van der Waals surface area (Å²) in [6.45, 7) is 3.11. The van der Waals surface area contributed by atoms with Gasteiger partial charge in [0.25, 0.3) is 5.91 Å². The lowest BCUT2D eigenvalue weighted by Crippen LogP contribution is -2.47. The minimum atomic E-state index is -0.879. The molecule has 0 unspecified atom stereocenters. The Labute approximate surface area is 160 Å². The minimum absolute atomic E-state index is 0.102. The lowest BCUT2D eigenvalue weighted by Gasteiger charge is -2.36. The first-order valence-corrected chi connectivity index (χ1v) is 10.1. The maximum Gasteiger partial charge on any atom is 0.252 e. The van der Waals surface area contributed by atoms with Gasteiger partial charge in [-0.25, -0.2) is 0 Å². The molecule has 0 saturated heterocycles. The molecule has 0 radical (unpaired) electrons. The molecule has 27 heavy (non-hydrogen) atoms. The van der Waals surface area contributed by atoms with E-state index in [-0.39, 0.29) is 17.9 Å². The first-order valence-electron chi connectivity index (χ1n) is 10.1. The van der Waals surface area contributed by atoms with E-state index in [1.165, 1.54) is 12.0 Å². The van der Waals surface area contributed by atoms with Gasteiger partial charge in [-0.05, 0) is 31.2 Å². The predicted octanol–water partition coefficient (Wildman–Crippen LogP) is 2.71. The molecule has 144 valence electrons. The smallest absolute Gasteiger partial charge is 0.252 e. The van der Waals surface area contributed by atoms with E-state index < -0.39 is 6.10 Å². The second-order valence-corrected chi connectivity index (χ2v) is 7.98. The number of amides is 1. The van der Waals surface area contributed by atoms with Crippen molar-refractivity contribution >= 4 is 5.91 Å². The van der Waals surface area contributed by atoms with E-state index in [4.69, 9.17) is 0 Å². The van der Waals surface area contributed by atoms with Crippen molar-refractivity contribution in [2.24, 2.45) is 5.92 Å². The molecule has 2 heterocycles. The van der Waals surface area contributed by atoms with Gasteiger partial charge < -0.3 is 14.6 Å². The van der Waals surface area contributed by atoms with Crippen LogP contribution in [-0.4, -0.2) is 43.3 Å². The number of aliphatic hydroxyl groups is 1. The molecule has 2 atom stereocenters. The summed E-state index contributed by atoms with van der Waals surface area (Å²) in [7, 11) is 0. The van der Waals surface area contributed by atoms with Crippen molar-refractivity contribution in [1.82, 2.24) is 19.7 Å². The molecule has 1 aromatic carbocycles. The highest BCUT2D eigenvalue weighted by Crippen LogP contribution is 2.29. The Morgan fingerprint density at radius 1 is 1.19 bits per heavy atom. The maximum absolute atomic E-state index is 12.9. The van der Waals surface area contributed by atoms with Crippen molar-refractivity contribution in [2.75, 3.05) is 6.54 Å². The summed E-state index contributed by atoms with van der Waals surface area (Å²) in [5.74, 6) is 1.70. The zero-order valence-corrected chi connectivity index (χ0v) is 15.9. The Morgan fingerprint density at radius 2 is 1.93 bits per heavy atom. The number of carbonyl (C=O) groups is 1. The van der Waals surface area contributed by atoms with Crippen LogP contribution >= 0.6 is 0 Å². The van der Waals surface area contributed by atoms with Crippen LogP contribution in [-0.2, 0) is 17.8 Å². The van der Waals surface area contributed by atoms with Crippen LogP contribution in [0.25, 0.3) is 0 Å². The van der Waals surface area contributed by atoms with E-state index in [1.807, 2.05) is 18.2 Å². The van der Waals surface area contributed by atoms with E-state index >= 15 is 0 Å². The number of hydrogen-bond donors (Lipinski definition) is 1. The van der Waals surface area contributed by atoms with Crippen molar-refractivity contribution in [2.45, 2.75) is 64.1 Å². The molecule has 6 heteroatoms.